The van der Waals surface area contributed by atoms with Crippen molar-refractivity contribution in [3.63, 3.8) is 0 Å². The largest absolute Gasteiger partial charge is 0.481 e. The van der Waals surface area contributed by atoms with Crippen LogP contribution in [0.2, 0.25) is 0 Å². The van der Waals surface area contributed by atoms with E-state index >= 15 is 0 Å². The van der Waals surface area contributed by atoms with E-state index in [9.17, 15) is 14.4 Å². The van der Waals surface area contributed by atoms with Crippen molar-refractivity contribution in [2.75, 3.05) is 6.61 Å². The summed E-state index contributed by atoms with van der Waals surface area (Å²) in [5, 5.41) is 14.3. The minimum atomic E-state index is -0.995. The van der Waals surface area contributed by atoms with E-state index in [1.54, 1.807) is 6.92 Å². The van der Waals surface area contributed by atoms with Crippen LogP contribution in [0.5, 0.6) is 0 Å². The van der Waals surface area contributed by atoms with Crippen LogP contribution < -0.4 is 10.6 Å². The Bertz CT molecular complexity index is 960. The Morgan fingerprint density at radius 2 is 1.55 bits per heavy atom. The molecule has 33 heavy (non-hydrogen) atoms. The standard InChI is InChI=1S/C26H32N2O5/c1-4-16(2)13-23(25(31)27-17(3)14-24(29)30)28-26(32)33-15-22-20-11-7-5-9-18(20)19-10-6-8-12-21(19)22/h5-12,16-17,22-23H,4,13-15H2,1-3H3,(H,27,31)(H,28,32)(H,29,30)/t16?,17-,23?/m1/s1. The van der Waals surface area contributed by atoms with Crippen LogP contribution in [0.15, 0.2) is 48.5 Å². The molecule has 1 aliphatic rings. The number of fused-ring (bicyclic) bond motifs is 3. The number of alkyl carbamates (subject to hydrolysis) is 1. The first-order valence-corrected chi connectivity index (χ1v) is 11.4. The first-order chi connectivity index (χ1) is 15.8. The van der Waals surface area contributed by atoms with Gasteiger partial charge >= 0.3 is 12.1 Å². The second kappa shape index (κ2) is 11.0. The first-order valence-electron chi connectivity index (χ1n) is 11.4. The minimum Gasteiger partial charge on any atom is -0.481 e. The summed E-state index contributed by atoms with van der Waals surface area (Å²) in [6.45, 7) is 5.80. The number of carbonyl (C=O) groups is 3. The van der Waals surface area contributed by atoms with Gasteiger partial charge in [-0.15, -0.1) is 0 Å². The maximum Gasteiger partial charge on any atom is 0.407 e. The molecule has 2 unspecified atom stereocenters. The van der Waals surface area contributed by atoms with Crippen molar-refractivity contribution in [3.05, 3.63) is 59.7 Å². The number of hydrogen-bond acceptors (Lipinski definition) is 4. The van der Waals surface area contributed by atoms with E-state index in [1.807, 2.05) is 50.2 Å². The number of aliphatic carboxylic acids is 1. The maximum absolute atomic E-state index is 12.7. The first kappa shape index (κ1) is 24.3. The fraction of sp³-hybridized carbons (Fsp3) is 0.423. The second-order valence-corrected chi connectivity index (χ2v) is 8.78. The fourth-order valence-electron chi connectivity index (χ4n) is 4.24. The number of carboxylic acid groups (broad SMARTS) is 1. The molecule has 2 aromatic rings. The van der Waals surface area contributed by atoms with Crippen LogP contribution in [0.25, 0.3) is 11.1 Å². The van der Waals surface area contributed by atoms with Crippen LogP contribution in [0.1, 0.15) is 57.1 Å². The molecule has 2 amide bonds. The highest BCUT2D eigenvalue weighted by molar-refractivity contribution is 5.86. The van der Waals surface area contributed by atoms with Gasteiger partial charge in [0.05, 0.1) is 6.42 Å². The maximum atomic E-state index is 12.7. The predicted molar refractivity (Wildman–Crippen MR) is 126 cm³/mol. The normalized spacial score (nSPS) is 15.0. The van der Waals surface area contributed by atoms with E-state index in [0.717, 1.165) is 28.7 Å². The third-order valence-electron chi connectivity index (χ3n) is 6.16. The quantitative estimate of drug-likeness (QED) is 0.498. The number of benzene rings is 2. The molecule has 2 aromatic carbocycles. The van der Waals surface area contributed by atoms with E-state index in [-0.39, 0.29) is 24.9 Å². The van der Waals surface area contributed by atoms with Crippen LogP contribution in [-0.2, 0) is 14.3 Å². The molecule has 0 radical (unpaired) electrons. The lowest BCUT2D eigenvalue weighted by Gasteiger charge is -2.23. The van der Waals surface area contributed by atoms with E-state index in [2.05, 4.69) is 22.8 Å². The molecule has 3 rings (SSSR count). The Morgan fingerprint density at radius 3 is 2.09 bits per heavy atom. The van der Waals surface area contributed by atoms with Gasteiger partial charge in [-0.3, -0.25) is 9.59 Å². The summed E-state index contributed by atoms with van der Waals surface area (Å²) in [5.74, 6) is -1.27. The molecule has 1 aliphatic carbocycles. The molecule has 0 heterocycles. The Balaban J connectivity index is 1.65. The average molecular weight is 453 g/mol. The van der Waals surface area contributed by atoms with Gasteiger partial charge in [0.25, 0.3) is 0 Å². The molecule has 0 fully saturated rings. The van der Waals surface area contributed by atoms with Gasteiger partial charge in [-0.25, -0.2) is 4.79 Å². The molecule has 3 atom stereocenters. The van der Waals surface area contributed by atoms with Crippen molar-refractivity contribution in [2.24, 2.45) is 5.92 Å². The Kier molecular flexibility index (Phi) is 8.09. The van der Waals surface area contributed by atoms with E-state index in [1.165, 1.54) is 0 Å². The van der Waals surface area contributed by atoms with Gasteiger partial charge in [0.15, 0.2) is 0 Å². The molecule has 176 valence electrons. The third-order valence-corrected chi connectivity index (χ3v) is 6.16. The molecule has 3 N–H and O–H groups in total. The highest BCUT2D eigenvalue weighted by atomic mass is 16.5. The second-order valence-electron chi connectivity index (χ2n) is 8.78. The molecule has 0 spiro atoms. The average Bonchev–Trinajstić information content (AvgIpc) is 3.10. The molecular formula is C26H32N2O5. The number of carboxylic acids is 1. The molecule has 0 aromatic heterocycles. The minimum absolute atomic E-state index is 0.0689. The van der Waals surface area contributed by atoms with Crippen molar-refractivity contribution in [1.29, 1.82) is 0 Å². The van der Waals surface area contributed by atoms with E-state index < -0.39 is 30.1 Å². The molecular weight excluding hydrogens is 420 g/mol. The molecule has 7 nitrogen and oxygen atoms in total. The highest BCUT2D eigenvalue weighted by Gasteiger charge is 2.30. The lowest BCUT2D eigenvalue weighted by molar-refractivity contribution is -0.137. The van der Waals surface area contributed by atoms with Crippen LogP contribution in [0, 0.1) is 5.92 Å². The van der Waals surface area contributed by atoms with Gasteiger partial charge in [-0.2, -0.15) is 0 Å². The molecule has 0 saturated carbocycles. The lowest BCUT2D eigenvalue weighted by atomic mass is 9.98. The zero-order valence-electron chi connectivity index (χ0n) is 19.3. The van der Waals surface area contributed by atoms with Crippen molar-refractivity contribution in [2.45, 2.75) is 58.0 Å². The predicted octanol–water partition coefficient (Wildman–Crippen LogP) is 4.31. The number of nitrogens with one attached hydrogen (secondary N) is 2. The summed E-state index contributed by atoms with van der Waals surface area (Å²) in [4.78, 5) is 36.3. The monoisotopic (exact) mass is 452 g/mol. The van der Waals surface area contributed by atoms with Crippen molar-refractivity contribution < 1.29 is 24.2 Å². The Morgan fingerprint density at radius 1 is 0.970 bits per heavy atom. The van der Waals surface area contributed by atoms with Crippen LogP contribution in [-0.4, -0.2) is 41.8 Å². The van der Waals surface area contributed by atoms with E-state index in [4.69, 9.17) is 9.84 Å². The van der Waals surface area contributed by atoms with Crippen LogP contribution >= 0.6 is 0 Å². The summed E-state index contributed by atoms with van der Waals surface area (Å²) in [6, 6.07) is 14.8. The fourth-order valence-corrected chi connectivity index (χ4v) is 4.24. The summed E-state index contributed by atoms with van der Waals surface area (Å²) in [7, 11) is 0. The number of amides is 2. The van der Waals surface area contributed by atoms with Crippen molar-refractivity contribution >= 4 is 18.0 Å². The molecule has 7 heteroatoms. The summed E-state index contributed by atoms with van der Waals surface area (Å²) in [5.41, 5.74) is 4.51. The highest BCUT2D eigenvalue weighted by Crippen LogP contribution is 2.44. The topological polar surface area (TPSA) is 105 Å². The number of rotatable bonds is 10. The molecule has 0 bridgehead atoms. The molecule has 0 aliphatic heterocycles. The van der Waals surface area contributed by atoms with Crippen LogP contribution in [0.3, 0.4) is 0 Å². The summed E-state index contributed by atoms with van der Waals surface area (Å²) >= 11 is 0. The zero-order valence-corrected chi connectivity index (χ0v) is 19.3. The van der Waals surface area contributed by atoms with Gasteiger partial charge < -0.3 is 20.5 Å². The zero-order chi connectivity index (χ0) is 24.0. The number of ether oxygens (including phenoxy) is 1. The summed E-state index contributed by atoms with van der Waals surface area (Å²) < 4.78 is 5.58. The third kappa shape index (κ3) is 6.12. The van der Waals surface area contributed by atoms with Gasteiger partial charge in [0.2, 0.25) is 5.91 Å². The number of carbonyl (C=O) groups excluding carboxylic acids is 2. The lowest BCUT2D eigenvalue weighted by Crippen LogP contribution is -2.50. The van der Waals surface area contributed by atoms with Gasteiger partial charge in [0.1, 0.15) is 12.6 Å². The smallest absolute Gasteiger partial charge is 0.407 e. The molecule has 0 saturated heterocycles. The summed E-state index contributed by atoms with van der Waals surface area (Å²) in [6.07, 6.45) is 0.436. The van der Waals surface area contributed by atoms with E-state index in [0.29, 0.717) is 6.42 Å². The number of hydrogen-bond donors (Lipinski definition) is 3. The Labute approximate surface area is 194 Å². The SMILES string of the molecule is CCC(C)CC(NC(=O)OCC1c2ccccc2-c2ccccc21)C(=O)N[C@H](C)CC(=O)O. The van der Waals surface area contributed by atoms with Crippen molar-refractivity contribution in [3.8, 4) is 11.1 Å². The van der Waals surface area contributed by atoms with Gasteiger partial charge in [0, 0.05) is 12.0 Å². The van der Waals surface area contributed by atoms with Gasteiger partial charge in [-0.05, 0) is 41.5 Å². The van der Waals surface area contributed by atoms with Gasteiger partial charge in [-0.1, -0.05) is 68.8 Å². The Hall–Kier alpha value is -3.35. The van der Waals surface area contributed by atoms with Crippen molar-refractivity contribution in [1.82, 2.24) is 10.6 Å². The van der Waals surface area contributed by atoms with Crippen LogP contribution in [0.4, 0.5) is 4.79 Å².